The quantitative estimate of drug-likeness (QED) is 0.557. The number of hydrogen-bond donors (Lipinski definition) is 2. The van der Waals surface area contributed by atoms with Gasteiger partial charge >= 0.3 is 0 Å². The van der Waals surface area contributed by atoms with E-state index in [9.17, 15) is 4.79 Å². The molecular weight excluding hydrogens is 362 g/mol. The minimum absolute atomic E-state index is 0.573. The SMILES string of the molecule is CCC=O.Cc1cnc(Nc2ccccc2)nc1Nc1cccc(CN(C)C)c1. The molecule has 0 atom stereocenters. The number of aromatic nitrogens is 2. The van der Waals surface area contributed by atoms with Crippen LogP contribution in [0.1, 0.15) is 24.5 Å². The summed E-state index contributed by atoms with van der Waals surface area (Å²) in [7, 11) is 4.13. The van der Waals surface area contributed by atoms with E-state index in [1.807, 2.05) is 56.4 Å². The average Bonchev–Trinajstić information content (AvgIpc) is 2.71. The van der Waals surface area contributed by atoms with Gasteiger partial charge in [-0.2, -0.15) is 4.98 Å². The number of aryl methyl sites for hydroxylation is 1. The maximum Gasteiger partial charge on any atom is 0.229 e. The van der Waals surface area contributed by atoms with Crippen LogP contribution < -0.4 is 10.6 Å². The van der Waals surface area contributed by atoms with Crippen molar-refractivity contribution in [3.63, 3.8) is 0 Å². The normalized spacial score (nSPS) is 10.1. The number of carbonyl (C=O) groups excluding carboxylic acids is 1. The van der Waals surface area contributed by atoms with Crippen LogP contribution in [0.3, 0.4) is 0 Å². The number of nitrogens with one attached hydrogen (secondary N) is 2. The molecule has 2 N–H and O–H groups in total. The minimum Gasteiger partial charge on any atom is -0.340 e. The summed E-state index contributed by atoms with van der Waals surface area (Å²) in [5, 5.41) is 6.63. The maximum atomic E-state index is 9.17. The van der Waals surface area contributed by atoms with Gasteiger partial charge in [-0.25, -0.2) is 4.98 Å². The van der Waals surface area contributed by atoms with Crippen LogP contribution in [0.4, 0.5) is 23.1 Å². The lowest BCUT2D eigenvalue weighted by molar-refractivity contribution is -0.107. The topological polar surface area (TPSA) is 70.1 Å². The van der Waals surface area contributed by atoms with Gasteiger partial charge in [-0.3, -0.25) is 0 Å². The van der Waals surface area contributed by atoms with E-state index in [2.05, 4.69) is 57.8 Å². The molecule has 0 saturated heterocycles. The molecule has 0 spiro atoms. The largest absolute Gasteiger partial charge is 0.340 e. The Morgan fingerprint density at radius 2 is 1.69 bits per heavy atom. The van der Waals surface area contributed by atoms with Gasteiger partial charge in [-0.15, -0.1) is 0 Å². The second-order valence-electron chi connectivity index (χ2n) is 6.85. The van der Waals surface area contributed by atoms with Crippen molar-refractivity contribution in [3.05, 3.63) is 71.9 Å². The lowest BCUT2D eigenvalue weighted by Crippen LogP contribution is -2.10. The Kier molecular flexibility index (Phi) is 8.79. The fraction of sp³-hybridized carbons (Fsp3) is 0.261. The molecule has 29 heavy (non-hydrogen) atoms. The zero-order valence-corrected chi connectivity index (χ0v) is 17.5. The molecule has 6 nitrogen and oxygen atoms in total. The molecule has 1 aromatic heterocycles. The fourth-order valence-electron chi connectivity index (χ4n) is 2.53. The molecule has 3 aromatic rings. The molecule has 0 aliphatic rings. The maximum absolute atomic E-state index is 9.17. The molecule has 0 aliphatic carbocycles. The molecule has 1 heterocycles. The number of para-hydroxylation sites is 1. The Morgan fingerprint density at radius 3 is 2.34 bits per heavy atom. The van der Waals surface area contributed by atoms with Gasteiger partial charge in [0.15, 0.2) is 0 Å². The lowest BCUT2D eigenvalue weighted by atomic mass is 10.2. The third-order valence-electron chi connectivity index (χ3n) is 3.86. The number of hydrogen-bond acceptors (Lipinski definition) is 6. The minimum atomic E-state index is 0.573. The van der Waals surface area contributed by atoms with Crippen LogP contribution in [0.2, 0.25) is 0 Å². The third-order valence-corrected chi connectivity index (χ3v) is 3.86. The first-order valence-corrected chi connectivity index (χ1v) is 9.62. The van der Waals surface area contributed by atoms with Crippen LogP contribution in [0.15, 0.2) is 60.8 Å². The zero-order valence-electron chi connectivity index (χ0n) is 17.5. The van der Waals surface area contributed by atoms with Crippen LogP contribution in [0.5, 0.6) is 0 Å². The van der Waals surface area contributed by atoms with E-state index >= 15 is 0 Å². The van der Waals surface area contributed by atoms with Gasteiger partial charge in [0.25, 0.3) is 0 Å². The molecule has 0 radical (unpaired) electrons. The van der Waals surface area contributed by atoms with Gasteiger partial charge < -0.3 is 20.3 Å². The number of aldehydes is 1. The standard InChI is InChI=1S/C20H23N5.C3H6O/c1-15-13-21-20(23-17-9-5-4-6-10-17)24-19(15)22-18-11-7-8-16(12-18)14-25(2)3;1-2-3-4/h4-13H,14H2,1-3H3,(H2,21,22,23,24);3H,2H2,1H3. The van der Waals surface area contributed by atoms with E-state index in [4.69, 9.17) is 0 Å². The summed E-state index contributed by atoms with van der Waals surface area (Å²) < 4.78 is 0. The van der Waals surface area contributed by atoms with Crippen molar-refractivity contribution in [2.24, 2.45) is 0 Å². The molecule has 0 fully saturated rings. The first kappa shape index (κ1) is 22.0. The average molecular weight is 392 g/mol. The molecular formula is C23H29N5O. The van der Waals surface area contributed by atoms with Gasteiger partial charge in [-0.1, -0.05) is 37.3 Å². The van der Waals surface area contributed by atoms with E-state index in [1.165, 1.54) is 5.56 Å². The summed E-state index contributed by atoms with van der Waals surface area (Å²) in [5.41, 5.74) is 4.23. The van der Waals surface area contributed by atoms with Crippen molar-refractivity contribution in [2.75, 3.05) is 24.7 Å². The number of nitrogens with zero attached hydrogens (tertiary/aromatic N) is 3. The van der Waals surface area contributed by atoms with Crippen molar-refractivity contribution < 1.29 is 4.79 Å². The van der Waals surface area contributed by atoms with E-state index in [1.54, 1.807) is 0 Å². The number of benzene rings is 2. The molecule has 152 valence electrons. The molecule has 0 amide bonds. The summed E-state index contributed by atoms with van der Waals surface area (Å²) in [6, 6.07) is 18.3. The van der Waals surface area contributed by atoms with Crippen molar-refractivity contribution in [1.29, 1.82) is 0 Å². The molecule has 6 heteroatoms. The van der Waals surface area contributed by atoms with E-state index < -0.39 is 0 Å². The van der Waals surface area contributed by atoms with E-state index in [-0.39, 0.29) is 0 Å². The highest BCUT2D eigenvalue weighted by atomic mass is 16.1. The summed E-state index contributed by atoms with van der Waals surface area (Å²) in [5.74, 6) is 1.37. The first-order chi connectivity index (χ1) is 14.0. The van der Waals surface area contributed by atoms with Gasteiger partial charge in [0.1, 0.15) is 12.1 Å². The van der Waals surface area contributed by atoms with Gasteiger partial charge in [0.2, 0.25) is 5.95 Å². The predicted molar refractivity (Wildman–Crippen MR) is 120 cm³/mol. The highest BCUT2D eigenvalue weighted by molar-refractivity contribution is 5.62. The highest BCUT2D eigenvalue weighted by Gasteiger charge is 2.06. The highest BCUT2D eigenvalue weighted by Crippen LogP contribution is 2.21. The Hall–Kier alpha value is -3.25. The van der Waals surface area contributed by atoms with Crippen LogP contribution >= 0.6 is 0 Å². The number of rotatable bonds is 7. The molecule has 0 aliphatic heterocycles. The Bertz CT molecular complexity index is 897. The second-order valence-corrected chi connectivity index (χ2v) is 6.85. The molecule has 0 bridgehead atoms. The Balaban J connectivity index is 0.000000687. The molecule has 0 saturated carbocycles. The van der Waals surface area contributed by atoms with Gasteiger partial charge in [0.05, 0.1) is 0 Å². The number of carbonyl (C=O) groups is 1. The van der Waals surface area contributed by atoms with Crippen LogP contribution in [0, 0.1) is 6.92 Å². The van der Waals surface area contributed by atoms with Crippen molar-refractivity contribution in [2.45, 2.75) is 26.8 Å². The van der Waals surface area contributed by atoms with Crippen molar-refractivity contribution >= 4 is 29.4 Å². The second kappa shape index (κ2) is 11.6. The fourth-order valence-corrected chi connectivity index (χ4v) is 2.53. The van der Waals surface area contributed by atoms with Gasteiger partial charge in [0, 0.05) is 36.1 Å². The van der Waals surface area contributed by atoms with Gasteiger partial charge in [-0.05, 0) is 50.8 Å². The zero-order chi connectivity index (χ0) is 21.1. The smallest absolute Gasteiger partial charge is 0.229 e. The summed E-state index contributed by atoms with van der Waals surface area (Å²) in [6.45, 7) is 4.71. The van der Waals surface area contributed by atoms with E-state index in [0.29, 0.717) is 12.4 Å². The first-order valence-electron chi connectivity index (χ1n) is 9.62. The molecule has 3 rings (SSSR count). The van der Waals surface area contributed by atoms with E-state index in [0.717, 1.165) is 35.6 Å². The molecule has 0 unspecified atom stereocenters. The summed E-state index contributed by atoms with van der Waals surface area (Å²) in [6.07, 6.45) is 3.34. The predicted octanol–water partition coefficient (Wildman–Crippen LogP) is 4.93. The van der Waals surface area contributed by atoms with Crippen LogP contribution in [-0.4, -0.2) is 35.2 Å². The van der Waals surface area contributed by atoms with Crippen LogP contribution in [-0.2, 0) is 11.3 Å². The third kappa shape index (κ3) is 7.71. The Labute approximate surface area is 173 Å². The van der Waals surface area contributed by atoms with Crippen molar-refractivity contribution in [1.82, 2.24) is 14.9 Å². The Morgan fingerprint density at radius 1 is 1.00 bits per heavy atom. The number of anilines is 4. The van der Waals surface area contributed by atoms with Crippen LogP contribution in [0.25, 0.3) is 0 Å². The van der Waals surface area contributed by atoms with Crippen molar-refractivity contribution in [3.8, 4) is 0 Å². The molecule has 2 aromatic carbocycles. The lowest BCUT2D eigenvalue weighted by Gasteiger charge is -2.13. The monoisotopic (exact) mass is 391 g/mol. The summed E-state index contributed by atoms with van der Waals surface area (Å²) in [4.78, 5) is 20.3. The summed E-state index contributed by atoms with van der Waals surface area (Å²) >= 11 is 0.